The molecule has 7 nitrogen and oxygen atoms in total. The monoisotopic (exact) mass is 444 g/mol. The van der Waals surface area contributed by atoms with E-state index in [9.17, 15) is 4.21 Å². The van der Waals surface area contributed by atoms with Gasteiger partial charge >= 0.3 is 0 Å². The number of hydrogen-bond donors (Lipinski definition) is 0. The molecule has 0 aliphatic carbocycles. The second-order valence-corrected chi connectivity index (χ2v) is 10.5. The molecule has 4 rings (SSSR count). The first-order chi connectivity index (χ1) is 14.8. The molecule has 1 aromatic carbocycles. The Morgan fingerprint density at radius 1 is 1.13 bits per heavy atom. The summed E-state index contributed by atoms with van der Waals surface area (Å²) in [5.41, 5.74) is 2.42. The first kappa shape index (κ1) is 22.0. The Kier molecular flexibility index (Phi) is 6.21. The molecule has 2 aromatic rings. The first-order valence-corrected chi connectivity index (χ1v) is 12.4. The lowest BCUT2D eigenvalue weighted by molar-refractivity contribution is 0.0459. The summed E-state index contributed by atoms with van der Waals surface area (Å²) in [5, 5.41) is 0. The number of anilines is 2. The van der Waals surface area contributed by atoms with Crippen LogP contribution in [0.4, 0.5) is 11.5 Å². The summed E-state index contributed by atoms with van der Waals surface area (Å²) in [5.74, 6) is 1.78. The van der Waals surface area contributed by atoms with E-state index in [-0.39, 0.29) is 11.6 Å². The van der Waals surface area contributed by atoms with E-state index >= 15 is 0 Å². The third-order valence-electron chi connectivity index (χ3n) is 6.16. The van der Waals surface area contributed by atoms with Gasteiger partial charge in [-0.25, -0.2) is 4.98 Å². The van der Waals surface area contributed by atoms with Gasteiger partial charge in [0.25, 0.3) is 5.88 Å². The van der Waals surface area contributed by atoms with Crippen molar-refractivity contribution in [2.24, 2.45) is 0 Å². The Labute approximate surface area is 187 Å². The summed E-state index contributed by atoms with van der Waals surface area (Å²) < 4.78 is 23.9. The molecule has 0 saturated carbocycles. The van der Waals surface area contributed by atoms with Crippen LogP contribution in [-0.4, -0.2) is 63.7 Å². The normalized spacial score (nSPS) is 18.7. The van der Waals surface area contributed by atoms with Gasteiger partial charge in [0.05, 0.1) is 7.11 Å². The van der Waals surface area contributed by atoms with Crippen LogP contribution in [0.5, 0.6) is 11.6 Å². The average molecular weight is 445 g/mol. The molecule has 2 aliphatic heterocycles. The second kappa shape index (κ2) is 8.74. The molecule has 3 heterocycles. The van der Waals surface area contributed by atoms with E-state index in [0.29, 0.717) is 17.4 Å². The number of benzene rings is 1. The summed E-state index contributed by atoms with van der Waals surface area (Å²) >= 11 is 0. The molecule has 1 atom stereocenters. The third-order valence-corrected chi connectivity index (χ3v) is 7.08. The van der Waals surface area contributed by atoms with Crippen molar-refractivity contribution < 1.29 is 13.7 Å². The molecule has 8 heteroatoms. The molecule has 0 radical (unpaired) electrons. The molecule has 0 amide bonds. The lowest BCUT2D eigenvalue weighted by Gasteiger charge is -2.40. The van der Waals surface area contributed by atoms with E-state index in [1.165, 1.54) is 5.56 Å². The lowest BCUT2D eigenvalue weighted by atomic mass is 9.99. The van der Waals surface area contributed by atoms with Gasteiger partial charge in [0, 0.05) is 52.8 Å². The molecule has 31 heavy (non-hydrogen) atoms. The number of ether oxygens (including phenoxy) is 2. The van der Waals surface area contributed by atoms with Crippen LogP contribution in [0, 0.1) is 0 Å². The van der Waals surface area contributed by atoms with Crippen LogP contribution in [0.1, 0.15) is 39.2 Å². The summed E-state index contributed by atoms with van der Waals surface area (Å²) in [6.07, 6.45) is 6.16. The Morgan fingerprint density at radius 2 is 1.87 bits per heavy atom. The van der Waals surface area contributed by atoms with Crippen molar-refractivity contribution in [2.75, 3.05) is 37.9 Å². The molecule has 0 spiro atoms. The molecule has 2 aliphatic rings. The number of methoxy groups -OCH3 is 1. The molecular formula is C23H32N4O3S. The first-order valence-electron chi connectivity index (χ1n) is 10.8. The molecule has 0 bridgehead atoms. The summed E-state index contributed by atoms with van der Waals surface area (Å²) in [6, 6.07) is 5.96. The predicted molar refractivity (Wildman–Crippen MR) is 123 cm³/mol. The number of rotatable bonds is 5. The van der Waals surface area contributed by atoms with Gasteiger partial charge in [-0.1, -0.05) is 0 Å². The standard InChI is InChI=1S/C23H32N4O3S/c1-23(2,3)26-11-9-17(10-12-26)30-22-20(29-4)21(24-15-25-22)27-13-8-16-14-18(31(5)28)6-7-19(16)27/h6-7,14-15,17H,8-13H2,1-5H3. The average Bonchev–Trinajstić information content (AvgIpc) is 3.16. The van der Waals surface area contributed by atoms with Crippen molar-refractivity contribution >= 4 is 22.3 Å². The zero-order chi connectivity index (χ0) is 22.2. The quantitative estimate of drug-likeness (QED) is 0.698. The maximum atomic E-state index is 11.8. The number of piperidine rings is 1. The topological polar surface area (TPSA) is 67.8 Å². The van der Waals surface area contributed by atoms with Crippen LogP contribution in [0.15, 0.2) is 29.4 Å². The number of hydrogen-bond acceptors (Lipinski definition) is 7. The molecule has 1 aromatic heterocycles. The zero-order valence-corrected chi connectivity index (χ0v) is 19.9. The van der Waals surface area contributed by atoms with Gasteiger partial charge < -0.3 is 14.4 Å². The van der Waals surface area contributed by atoms with Gasteiger partial charge in [-0.15, -0.1) is 0 Å². The number of likely N-dealkylation sites (tertiary alicyclic amines) is 1. The fraction of sp³-hybridized carbons (Fsp3) is 0.565. The Balaban J connectivity index is 1.55. The number of fused-ring (bicyclic) bond motifs is 1. The molecule has 0 N–H and O–H groups in total. The fourth-order valence-electron chi connectivity index (χ4n) is 4.38. The van der Waals surface area contributed by atoms with Crippen molar-refractivity contribution in [2.45, 2.75) is 56.6 Å². The Hall–Kier alpha value is -2.19. The van der Waals surface area contributed by atoms with Crippen LogP contribution in [0.25, 0.3) is 0 Å². The van der Waals surface area contributed by atoms with Crippen LogP contribution in [0.2, 0.25) is 0 Å². The molecule has 1 saturated heterocycles. The highest BCUT2D eigenvalue weighted by Gasteiger charge is 2.31. The van der Waals surface area contributed by atoms with Crippen molar-refractivity contribution in [3.05, 3.63) is 30.1 Å². The zero-order valence-electron chi connectivity index (χ0n) is 19.1. The Morgan fingerprint density at radius 3 is 2.52 bits per heavy atom. The number of nitrogens with zero attached hydrogens (tertiary/aromatic N) is 4. The van der Waals surface area contributed by atoms with E-state index in [4.69, 9.17) is 9.47 Å². The van der Waals surface area contributed by atoms with Crippen molar-refractivity contribution in [3.63, 3.8) is 0 Å². The number of aromatic nitrogens is 2. The van der Waals surface area contributed by atoms with Gasteiger partial charge in [-0.3, -0.25) is 9.11 Å². The maximum Gasteiger partial charge on any atom is 0.262 e. The van der Waals surface area contributed by atoms with E-state index in [1.54, 1.807) is 19.7 Å². The Bertz CT molecular complexity index is 968. The van der Waals surface area contributed by atoms with E-state index in [0.717, 1.165) is 49.5 Å². The predicted octanol–water partition coefficient (Wildman–Crippen LogP) is 3.56. The summed E-state index contributed by atoms with van der Waals surface area (Å²) in [7, 11) is 0.645. The van der Waals surface area contributed by atoms with Crippen molar-refractivity contribution in [3.8, 4) is 11.6 Å². The maximum absolute atomic E-state index is 11.8. The molecular weight excluding hydrogens is 412 g/mol. The van der Waals surface area contributed by atoms with Crippen LogP contribution >= 0.6 is 0 Å². The minimum absolute atomic E-state index is 0.114. The second-order valence-electron chi connectivity index (χ2n) is 9.16. The highest BCUT2D eigenvalue weighted by atomic mass is 32.2. The highest BCUT2D eigenvalue weighted by Crippen LogP contribution is 2.42. The molecule has 1 unspecified atom stereocenters. The largest absolute Gasteiger partial charge is 0.489 e. The SMILES string of the molecule is COc1c(OC2CCN(C(C)(C)C)CC2)ncnc1N1CCc2cc(S(C)=O)ccc21. The van der Waals surface area contributed by atoms with E-state index in [2.05, 4.69) is 40.5 Å². The minimum Gasteiger partial charge on any atom is -0.489 e. The van der Waals surface area contributed by atoms with Crippen LogP contribution < -0.4 is 14.4 Å². The van der Waals surface area contributed by atoms with Gasteiger partial charge in [0.1, 0.15) is 12.4 Å². The van der Waals surface area contributed by atoms with E-state index in [1.807, 2.05) is 18.2 Å². The van der Waals surface area contributed by atoms with Gasteiger partial charge in [0.15, 0.2) is 5.82 Å². The molecule has 168 valence electrons. The van der Waals surface area contributed by atoms with Crippen LogP contribution in [-0.2, 0) is 17.2 Å². The lowest BCUT2D eigenvalue weighted by Crippen LogP contribution is -2.48. The third kappa shape index (κ3) is 4.55. The smallest absolute Gasteiger partial charge is 0.262 e. The molecule has 1 fully saturated rings. The van der Waals surface area contributed by atoms with Crippen LogP contribution in [0.3, 0.4) is 0 Å². The van der Waals surface area contributed by atoms with E-state index < -0.39 is 10.8 Å². The van der Waals surface area contributed by atoms with Crippen molar-refractivity contribution in [1.82, 2.24) is 14.9 Å². The highest BCUT2D eigenvalue weighted by molar-refractivity contribution is 7.84. The summed E-state index contributed by atoms with van der Waals surface area (Å²) in [6.45, 7) is 9.56. The van der Waals surface area contributed by atoms with Gasteiger partial charge in [0.2, 0.25) is 5.75 Å². The van der Waals surface area contributed by atoms with Crippen molar-refractivity contribution in [1.29, 1.82) is 0 Å². The fourth-order valence-corrected chi connectivity index (χ4v) is 4.95. The van der Waals surface area contributed by atoms with Gasteiger partial charge in [-0.2, -0.15) is 4.98 Å². The summed E-state index contributed by atoms with van der Waals surface area (Å²) in [4.78, 5) is 14.4. The minimum atomic E-state index is -0.992. The van der Waals surface area contributed by atoms with Gasteiger partial charge in [-0.05, 0) is 63.8 Å².